The molecule has 0 saturated heterocycles. The van der Waals surface area contributed by atoms with Crippen LogP contribution in [0.3, 0.4) is 0 Å². The highest BCUT2D eigenvalue weighted by Gasteiger charge is 2.37. The summed E-state index contributed by atoms with van der Waals surface area (Å²) < 4.78 is 41.9. The smallest absolute Gasteiger partial charge is 0.228 e. The molecule has 25 heavy (non-hydrogen) atoms. The van der Waals surface area contributed by atoms with Crippen LogP contribution < -0.4 is 0 Å². The van der Waals surface area contributed by atoms with Gasteiger partial charge in [-0.05, 0) is 24.6 Å². The van der Waals surface area contributed by atoms with Crippen LogP contribution in [0.4, 0.5) is 13.2 Å². The van der Waals surface area contributed by atoms with Crippen molar-refractivity contribution in [2.75, 3.05) is 0 Å². The third kappa shape index (κ3) is 2.44. The first-order valence-corrected chi connectivity index (χ1v) is 7.86. The number of aromatic nitrogens is 5. The lowest BCUT2D eigenvalue weighted by Crippen LogP contribution is -2.08. The van der Waals surface area contributed by atoms with Gasteiger partial charge in [0, 0.05) is 11.1 Å². The molecule has 0 fully saturated rings. The Morgan fingerprint density at radius 1 is 1.16 bits per heavy atom. The van der Waals surface area contributed by atoms with E-state index in [9.17, 15) is 13.2 Å². The van der Waals surface area contributed by atoms with Crippen LogP contribution in [0, 0.1) is 0 Å². The molecule has 1 aromatic carbocycles. The van der Waals surface area contributed by atoms with Crippen LogP contribution in [0.1, 0.15) is 18.4 Å². The van der Waals surface area contributed by atoms with Gasteiger partial charge in [-0.25, -0.2) is 14.2 Å². The molecule has 0 aliphatic heterocycles. The number of hydrogen-bond acceptors (Lipinski definition) is 3. The molecule has 0 spiro atoms. The number of halogens is 4. The second-order valence-electron chi connectivity index (χ2n) is 5.47. The highest BCUT2D eigenvalue weighted by molar-refractivity contribution is 6.35. The van der Waals surface area contributed by atoms with E-state index in [4.69, 9.17) is 11.6 Å². The van der Waals surface area contributed by atoms with Crippen LogP contribution in [0.25, 0.3) is 22.2 Å². The van der Waals surface area contributed by atoms with Crippen molar-refractivity contribution in [3.05, 3.63) is 53.1 Å². The summed E-state index contributed by atoms with van der Waals surface area (Å²) in [4.78, 5) is 3.71. The molecule has 0 amide bonds. The van der Waals surface area contributed by atoms with E-state index in [-0.39, 0.29) is 5.65 Å². The summed E-state index contributed by atoms with van der Waals surface area (Å²) in [6, 6.07) is 8.70. The van der Waals surface area contributed by atoms with Gasteiger partial charge in [0.2, 0.25) is 0 Å². The van der Waals surface area contributed by atoms with E-state index in [1.54, 1.807) is 30.5 Å². The maximum absolute atomic E-state index is 13.1. The standard InChI is InChI=1S/C16H11ClF3N5/c1-2-10-6-7-12(14-22-15(16(18,19)20)23-24(10)14)25-13-9(8-21-25)4-3-5-11(13)17/h3-8H,2H2,1H3. The number of nitrogens with zero attached hydrogens (tertiary/aromatic N) is 5. The van der Waals surface area contributed by atoms with Crippen molar-refractivity contribution >= 4 is 28.2 Å². The van der Waals surface area contributed by atoms with Gasteiger partial charge in [0.1, 0.15) is 5.69 Å². The van der Waals surface area contributed by atoms with Crippen molar-refractivity contribution in [3.63, 3.8) is 0 Å². The summed E-state index contributed by atoms with van der Waals surface area (Å²) in [5.41, 5.74) is 1.68. The van der Waals surface area contributed by atoms with E-state index < -0.39 is 12.0 Å². The molecular formula is C16H11ClF3N5. The second kappa shape index (κ2) is 5.45. The highest BCUT2D eigenvalue weighted by atomic mass is 35.5. The minimum atomic E-state index is -4.63. The summed E-state index contributed by atoms with van der Waals surface area (Å²) in [6.45, 7) is 1.84. The summed E-state index contributed by atoms with van der Waals surface area (Å²) in [7, 11) is 0. The van der Waals surface area contributed by atoms with Crippen LogP contribution >= 0.6 is 11.6 Å². The lowest BCUT2D eigenvalue weighted by atomic mass is 10.2. The average Bonchev–Trinajstić information content (AvgIpc) is 3.18. The Morgan fingerprint density at radius 3 is 2.68 bits per heavy atom. The van der Waals surface area contributed by atoms with Gasteiger partial charge in [0.05, 0.1) is 16.7 Å². The third-order valence-electron chi connectivity index (χ3n) is 3.93. The molecule has 3 heterocycles. The molecule has 0 aliphatic carbocycles. The van der Waals surface area contributed by atoms with E-state index in [0.717, 1.165) is 5.39 Å². The van der Waals surface area contributed by atoms with Gasteiger partial charge in [-0.15, -0.1) is 5.10 Å². The van der Waals surface area contributed by atoms with Gasteiger partial charge in [-0.2, -0.15) is 18.3 Å². The summed E-state index contributed by atoms with van der Waals surface area (Å²) in [6.07, 6.45) is -2.51. The maximum atomic E-state index is 13.1. The monoisotopic (exact) mass is 365 g/mol. The topological polar surface area (TPSA) is 48.0 Å². The predicted octanol–water partition coefficient (Wildman–Crippen LogP) is 4.30. The SMILES string of the molecule is CCc1ccc(-n2ncc3cccc(Cl)c32)c2nc(C(F)(F)F)nn12. The molecule has 0 aliphatic rings. The molecule has 4 aromatic rings. The minimum Gasteiger partial charge on any atom is -0.228 e. The lowest BCUT2D eigenvalue weighted by Gasteiger charge is -2.08. The number of benzene rings is 1. The fourth-order valence-corrected chi connectivity index (χ4v) is 3.03. The molecule has 0 N–H and O–H groups in total. The Balaban J connectivity index is 2.06. The summed E-state index contributed by atoms with van der Waals surface area (Å²) in [5, 5.41) is 9.13. The molecule has 0 atom stereocenters. The van der Waals surface area contributed by atoms with Crippen LogP contribution in [0.2, 0.25) is 5.02 Å². The zero-order valence-corrected chi connectivity index (χ0v) is 13.7. The van der Waals surface area contributed by atoms with Gasteiger partial charge in [-0.3, -0.25) is 0 Å². The van der Waals surface area contributed by atoms with Crippen LogP contribution in [-0.4, -0.2) is 24.4 Å². The van der Waals surface area contributed by atoms with E-state index in [1.165, 1.54) is 9.20 Å². The van der Waals surface area contributed by atoms with Crippen molar-refractivity contribution in [1.82, 2.24) is 24.4 Å². The molecule has 5 nitrogen and oxygen atoms in total. The second-order valence-corrected chi connectivity index (χ2v) is 5.87. The fourth-order valence-electron chi connectivity index (χ4n) is 2.77. The fraction of sp³-hybridized carbons (Fsp3) is 0.188. The van der Waals surface area contributed by atoms with Gasteiger partial charge in [0.15, 0.2) is 5.65 Å². The molecule has 0 radical (unpaired) electrons. The first-order chi connectivity index (χ1) is 11.9. The Morgan fingerprint density at radius 2 is 1.96 bits per heavy atom. The maximum Gasteiger partial charge on any atom is 0.453 e. The predicted molar refractivity (Wildman–Crippen MR) is 87.0 cm³/mol. The van der Waals surface area contributed by atoms with Crippen molar-refractivity contribution in [1.29, 1.82) is 0 Å². The Bertz CT molecular complexity index is 1100. The van der Waals surface area contributed by atoms with E-state index in [2.05, 4.69) is 15.2 Å². The quantitative estimate of drug-likeness (QED) is 0.532. The number of alkyl halides is 3. The Hall–Kier alpha value is -2.61. The molecule has 128 valence electrons. The number of aryl methyl sites for hydroxylation is 1. The minimum absolute atomic E-state index is 0.0802. The average molecular weight is 366 g/mol. The van der Waals surface area contributed by atoms with Crippen molar-refractivity contribution < 1.29 is 13.2 Å². The molecule has 0 unspecified atom stereocenters. The number of fused-ring (bicyclic) bond motifs is 2. The Kier molecular flexibility index (Phi) is 3.47. The number of para-hydroxylation sites is 1. The third-order valence-corrected chi connectivity index (χ3v) is 4.23. The van der Waals surface area contributed by atoms with E-state index >= 15 is 0 Å². The van der Waals surface area contributed by atoms with E-state index in [1.807, 2.05) is 13.0 Å². The first-order valence-electron chi connectivity index (χ1n) is 7.48. The highest BCUT2D eigenvalue weighted by Crippen LogP contribution is 2.30. The number of hydrogen-bond donors (Lipinski definition) is 0. The van der Waals surface area contributed by atoms with Crippen molar-refractivity contribution in [3.8, 4) is 5.69 Å². The van der Waals surface area contributed by atoms with Gasteiger partial charge in [0.25, 0.3) is 5.82 Å². The first kappa shape index (κ1) is 15.9. The van der Waals surface area contributed by atoms with Crippen molar-refractivity contribution in [2.45, 2.75) is 19.5 Å². The zero-order chi connectivity index (χ0) is 17.8. The molecule has 0 bridgehead atoms. The molecule has 3 aromatic heterocycles. The van der Waals surface area contributed by atoms with Gasteiger partial charge < -0.3 is 0 Å². The van der Waals surface area contributed by atoms with Crippen LogP contribution in [0.5, 0.6) is 0 Å². The van der Waals surface area contributed by atoms with Crippen LogP contribution in [-0.2, 0) is 12.6 Å². The van der Waals surface area contributed by atoms with Gasteiger partial charge in [-0.1, -0.05) is 30.7 Å². The molecule has 0 saturated carbocycles. The normalized spacial score (nSPS) is 12.4. The molecule has 4 rings (SSSR count). The molecule has 9 heteroatoms. The van der Waals surface area contributed by atoms with Crippen molar-refractivity contribution in [2.24, 2.45) is 0 Å². The lowest BCUT2D eigenvalue weighted by molar-refractivity contribution is -0.144. The number of rotatable bonds is 2. The van der Waals surface area contributed by atoms with Crippen LogP contribution in [0.15, 0.2) is 36.5 Å². The summed E-state index contributed by atoms with van der Waals surface area (Å²) >= 11 is 6.26. The van der Waals surface area contributed by atoms with Gasteiger partial charge >= 0.3 is 6.18 Å². The molecular weight excluding hydrogens is 355 g/mol. The Labute approximate surface area is 144 Å². The summed E-state index contributed by atoms with van der Waals surface area (Å²) in [5.74, 6) is -1.18. The van der Waals surface area contributed by atoms with E-state index in [0.29, 0.717) is 28.3 Å². The zero-order valence-electron chi connectivity index (χ0n) is 12.9. The largest absolute Gasteiger partial charge is 0.453 e. The number of pyridine rings is 1.